The van der Waals surface area contributed by atoms with Crippen LogP contribution in [-0.4, -0.2) is 23.8 Å². The van der Waals surface area contributed by atoms with Crippen molar-refractivity contribution in [2.24, 2.45) is 0 Å². The van der Waals surface area contributed by atoms with E-state index in [1.165, 1.54) is 4.90 Å². The van der Waals surface area contributed by atoms with Gasteiger partial charge in [-0.25, -0.2) is 4.90 Å². The first-order valence-corrected chi connectivity index (χ1v) is 10.8. The maximum Gasteiger partial charge on any atom is 0.282 e. The highest BCUT2D eigenvalue weighted by Gasteiger charge is 2.41. The van der Waals surface area contributed by atoms with Crippen molar-refractivity contribution in [2.45, 2.75) is 34.2 Å². The molecule has 1 aliphatic heterocycles. The monoisotopic (exact) mass is 424 g/mol. The van der Waals surface area contributed by atoms with E-state index in [4.69, 9.17) is 0 Å². The van der Waals surface area contributed by atoms with Crippen molar-refractivity contribution in [2.75, 3.05) is 11.9 Å². The number of hydrogen-bond donors (Lipinski definition) is 0. The number of nitrogens with zero attached hydrogens (tertiary/aromatic N) is 2. The highest BCUT2D eigenvalue weighted by Crippen LogP contribution is 2.36. The molecular formula is C28H28N2O2. The molecule has 0 unspecified atom stereocenters. The summed E-state index contributed by atoms with van der Waals surface area (Å²) in [6, 6.07) is 21.7. The number of anilines is 1. The van der Waals surface area contributed by atoms with Gasteiger partial charge in [0, 0.05) is 13.6 Å². The quantitative estimate of drug-likeness (QED) is 0.519. The zero-order valence-corrected chi connectivity index (χ0v) is 19.3. The number of carbonyl (C=O) groups excluding carboxylic acids is 2. The predicted octanol–water partition coefficient (Wildman–Crippen LogP) is 5.34. The highest BCUT2D eigenvalue weighted by molar-refractivity contribution is 6.45. The first-order chi connectivity index (χ1) is 15.3. The lowest BCUT2D eigenvalue weighted by atomic mass is 9.99. The lowest BCUT2D eigenvalue weighted by molar-refractivity contribution is -0.120. The van der Waals surface area contributed by atoms with Gasteiger partial charge in [0.25, 0.3) is 11.8 Å². The number of aryl methyl sites for hydroxylation is 4. The topological polar surface area (TPSA) is 40.6 Å². The summed E-state index contributed by atoms with van der Waals surface area (Å²) in [6.45, 7) is 8.54. The molecule has 0 radical (unpaired) electrons. The molecular weight excluding hydrogens is 396 g/mol. The fourth-order valence-corrected chi connectivity index (χ4v) is 4.28. The lowest BCUT2D eigenvalue weighted by Gasteiger charge is -2.22. The summed E-state index contributed by atoms with van der Waals surface area (Å²) >= 11 is 0. The van der Waals surface area contributed by atoms with Gasteiger partial charge in [-0.3, -0.25) is 9.59 Å². The Morgan fingerprint density at radius 1 is 0.750 bits per heavy atom. The zero-order chi connectivity index (χ0) is 23.0. The van der Waals surface area contributed by atoms with E-state index < -0.39 is 0 Å². The van der Waals surface area contributed by atoms with Crippen LogP contribution in [0.5, 0.6) is 0 Å². The van der Waals surface area contributed by atoms with Crippen molar-refractivity contribution in [1.29, 1.82) is 0 Å². The molecule has 4 rings (SSSR count). The number of benzene rings is 3. The minimum Gasteiger partial charge on any atom is -0.365 e. The Labute approximate surface area is 189 Å². The Bertz CT molecular complexity index is 1220. The summed E-state index contributed by atoms with van der Waals surface area (Å²) in [5.41, 5.74) is 7.61. The Balaban J connectivity index is 1.84. The summed E-state index contributed by atoms with van der Waals surface area (Å²) in [5, 5.41) is 0. The summed E-state index contributed by atoms with van der Waals surface area (Å²) in [6.07, 6.45) is 0. The molecule has 0 N–H and O–H groups in total. The molecule has 0 aromatic heterocycles. The molecule has 0 saturated heterocycles. The third-order valence-corrected chi connectivity index (χ3v) is 5.96. The third-order valence-electron chi connectivity index (χ3n) is 5.96. The van der Waals surface area contributed by atoms with Gasteiger partial charge in [-0.05, 0) is 73.2 Å². The zero-order valence-electron chi connectivity index (χ0n) is 19.3. The molecule has 0 spiro atoms. The van der Waals surface area contributed by atoms with E-state index in [2.05, 4.69) is 0 Å². The molecule has 2 amide bonds. The number of amides is 2. The minimum absolute atomic E-state index is 0.279. The number of carbonyl (C=O) groups is 2. The minimum atomic E-state index is -0.286. The summed E-state index contributed by atoms with van der Waals surface area (Å²) in [5.74, 6) is -0.565. The number of rotatable bonds is 5. The second-order valence-corrected chi connectivity index (χ2v) is 8.66. The van der Waals surface area contributed by atoms with E-state index in [1.807, 2.05) is 106 Å². The average Bonchev–Trinajstić information content (AvgIpc) is 3.00. The van der Waals surface area contributed by atoms with Crippen molar-refractivity contribution >= 4 is 23.1 Å². The Morgan fingerprint density at radius 3 is 2.03 bits per heavy atom. The molecule has 4 nitrogen and oxygen atoms in total. The smallest absolute Gasteiger partial charge is 0.282 e. The van der Waals surface area contributed by atoms with Crippen LogP contribution in [0.15, 0.2) is 72.4 Å². The van der Waals surface area contributed by atoms with Gasteiger partial charge in [0.2, 0.25) is 0 Å². The van der Waals surface area contributed by atoms with Crippen LogP contribution in [0, 0.1) is 27.7 Å². The van der Waals surface area contributed by atoms with Gasteiger partial charge >= 0.3 is 0 Å². The maximum absolute atomic E-state index is 13.7. The van der Waals surface area contributed by atoms with Crippen LogP contribution in [0.4, 0.5) is 5.69 Å². The van der Waals surface area contributed by atoms with Crippen LogP contribution < -0.4 is 4.90 Å². The van der Waals surface area contributed by atoms with Crippen molar-refractivity contribution in [3.8, 4) is 0 Å². The van der Waals surface area contributed by atoms with E-state index in [-0.39, 0.29) is 11.8 Å². The van der Waals surface area contributed by atoms with Crippen LogP contribution in [0.25, 0.3) is 5.57 Å². The molecule has 0 atom stereocenters. The summed E-state index contributed by atoms with van der Waals surface area (Å²) in [7, 11) is 1.87. The normalized spacial score (nSPS) is 13.8. The maximum atomic E-state index is 13.7. The fraction of sp³-hybridized carbons (Fsp3) is 0.214. The molecule has 0 saturated carbocycles. The molecule has 4 heteroatoms. The van der Waals surface area contributed by atoms with Gasteiger partial charge in [0.1, 0.15) is 5.70 Å². The van der Waals surface area contributed by atoms with Crippen molar-refractivity contribution in [1.82, 2.24) is 4.90 Å². The third kappa shape index (κ3) is 3.96. The molecule has 3 aromatic rings. The Hall–Kier alpha value is -3.66. The van der Waals surface area contributed by atoms with Crippen molar-refractivity contribution in [3.63, 3.8) is 0 Å². The first kappa shape index (κ1) is 21.6. The van der Waals surface area contributed by atoms with E-state index in [1.54, 1.807) is 0 Å². The van der Waals surface area contributed by atoms with Crippen LogP contribution >= 0.6 is 0 Å². The Kier molecular flexibility index (Phi) is 5.70. The van der Waals surface area contributed by atoms with Crippen LogP contribution in [0.1, 0.15) is 33.4 Å². The van der Waals surface area contributed by atoms with E-state index in [0.717, 1.165) is 33.4 Å². The SMILES string of the molecule is Cc1cc(C)cc(N2C(=O)C(c3ccc(C)c(C)c3)=C(N(C)Cc3ccccc3)C2=O)c1. The summed E-state index contributed by atoms with van der Waals surface area (Å²) < 4.78 is 0. The second kappa shape index (κ2) is 8.46. The molecule has 1 heterocycles. The molecule has 0 bridgehead atoms. The molecule has 0 fully saturated rings. The van der Waals surface area contributed by atoms with Gasteiger partial charge in [0.05, 0.1) is 11.3 Å². The molecule has 32 heavy (non-hydrogen) atoms. The standard InChI is InChI=1S/C28H28N2O2/c1-18-13-19(2)15-24(14-18)30-27(31)25(23-12-11-20(3)21(4)16-23)26(28(30)32)29(5)17-22-9-7-6-8-10-22/h6-16H,17H2,1-5H3. The first-order valence-electron chi connectivity index (χ1n) is 10.8. The van der Waals surface area contributed by atoms with Gasteiger partial charge < -0.3 is 4.90 Å². The van der Waals surface area contributed by atoms with E-state index >= 15 is 0 Å². The molecule has 0 aliphatic carbocycles. The number of likely N-dealkylation sites (N-methyl/N-ethyl adjacent to an activating group) is 1. The van der Waals surface area contributed by atoms with E-state index in [9.17, 15) is 9.59 Å². The molecule has 162 valence electrons. The molecule has 1 aliphatic rings. The van der Waals surface area contributed by atoms with Crippen molar-refractivity contribution < 1.29 is 9.59 Å². The van der Waals surface area contributed by atoms with Crippen LogP contribution in [-0.2, 0) is 16.1 Å². The highest BCUT2D eigenvalue weighted by atomic mass is 16.2. The van der Waals surface area contributed by atoms with E-state index in [0.29, 0.717) is 23.5 Å². The number of hydrogen-bond acceptors (Lipinski definition) is 3. The van der Waals surface area contributed by atoms with Gasteiger partial charge in [0.15, 0.2) is 0 Å². The van der Waals surface area contributed by atoms with Gasteiger partial charge in [-0.15, -0.1) is 0 Å². The lowest BCUT2D eigenvalue weighted by Crippen LogP contribution is -2.34. The number of imide groups is 1. The average molecular weight is 425 g/mol. The van der Waals surface area contributed by atoms with Crippen LogP contribution in [0.3, 0.4) is 0 Å². The molecule has 3 aromatic carbocycles. The van der Waals surface area contributed by atoms with Crippen LogP contribution in [0.2, 0.25) is 0 Å². The second-order valence-electron chi connectivity index (χ2n) is 8.66. The van der Waals surface area contributed by atoms with Crippen molar-refractivity contribution in [3.05, 3.63) is 106 Å². The summed E-state index contributed by atoms with van der Waals surface area (Å²) in [4.78, 5) is 30.6. The Morgan fingerprint density at radius 2 is 1.41 bits per heavy atom. The largest absolute Gasteiger partial charge is 0.365 e. The van der Waals surface area contributed by atoms with Gasteiger partial charge in [-0.2, -0.15) is 0 Å². The fourth-order valence-electron chi connectivity index (χ4n) is 4.28. The van der Waals surface area contributed by atoms with Gasteiger partial charge in [-0.1, -0.05) is 54.6 Å². The predicted molar refractivity (Wildman–Crippen MR) is 129 cm³/mol.